The Balaban J connectivity index is 2.18. The topological polar surface area (TPSA) is 53.7 Å². The van der Waals surface area contributed by atoms with Gasteiger partial charge in [0, 0.05) is 23.8 Å². The fourth-order valence-corrected chi connectivity index (χ4v) is 2.11. The third kappa shape index (κ3) is 3.86. The molecule has 0 aliphatic carbocycles. The van der Waals surface area contributed by atoms with E-state index in [2.05, 4.69) is 0 Å². The standard InChI is InChI=1S/C16H17NO3S/c1-18-12-7-13(19-2)9-14(8-12)20-10-11-5-3-4-6-15(11)16(17)21/h3-9H,10H2,1-2H3,(H2,17,21). The normalized spacial score (nSPS) is 10.0. The molecule has 0 spiro atoms. The van der Waals surface area contributed by atoms with E-state index in [9.17, 15) is 0 Å². The van der Waals surface area contributed by atoms with Gasteiger partial charge in [-0.15, -0.1) is 0 Å². The number of ether oxygens (including phenoxy) is 3. The van der Waals surface area contributed by atoms with Crippen LogP contribution in [0.15, 0.2) is 42.5 Å². The van der Waals surface area contributed by atoms with Crippen molar-refractivity contribution in [2.75, 3.05) is 14.2 Å². The van der Waals surface area contributed by atoms with Gasteiger partial charge in [0.1, 0.15) is 28.8 Å². The molecule has 110 valence electrons. The summed E-state index contributed by atoms with van der Waals surface area (Å²) in [4.78, 5) is 0.359. The minimum absolute atomic E-state index is 0.359. The Labute approximate surface area is 129 Å². The van der Waals surface area contributed by atoms with Crippen LogP contribution >= 0.6 is 12.2 Å². The summed E-state index contributed by atoms with van der Waals surface area (Å²) in [6, 6.07) is 13.0. The van der Waals surface area contributed by atoms with Gasteiger partial charge in [-0.2, -0.15) is 0 Å². The van der Waals surface area contributed by atoms with Crippen LogP contribution in [0.5, 0.6) is 17.2 Å². The summed E-state index contributed by atoms with van der Waals surface area (Å²) in [7, 11) is 3.20. The van der Waals surface area contributed by atoms with Crippen LogP contribution in [0, 0.1) is 0 Å². The van der Waals surface area contributed by atoms with Crippen molar-refractivity contribution in [3.05, 3.63) is 53.6 Å². The maximum atomic E-state index is 5.79. The molecule has 0 fully saturated rings. The largest absolute Gasteiger partial charge is 0.496 e. The maximum absolute atomic E-state index is 5.79. The third-order valence-corrected chi connectivity index (χ3v) is 3.22. The lowest BCUT2D eigenvalue weighted by Gasteiger charge is -2.12. The molecule has 2 aromatic rings. The highest BCUT2D eigenvalue weighted by Crippen LogP contribution is 2.28. The Bertz CT molecular complexity index is 621. The molecule has 2 aromatic carbocycles. The maximum Gasteiger partial charge on any atom is 0.127 e. The molecular formula is C16H17NO3S. The molecule has 0 aliphatic rings. The van der Waals surface area contributed by atoms with Gasteiger partial charge in [0.2, 0.25) is 0 Å². The lowest BCUT2D eigenvalue weighted by molar-refractivity contribution is 0.300. The number of nitrogens with two attached hydrogens (primary N) is 1. The Kier molecular flexibility index (Phi) is 5.00. The second-order valence-electron chi connectivity index (χ2n) is 4.36. The van der Waals surface area contributed by atoms with Crippen molar-refractivity contribution in [3.63, 3.8) is 0 Å². The first-order chi connectivity index (χ1) is 10.1. The molecule has 0 heterocycles. The molecule has 4 nitrogen and oxygen atoms in total. The molecule has 0 amide bonds. The van der Waals surface area contributed by atoms with Gasteiger partial charge in [-0.25, -0.2) is 0 Å². The van der Waals surface area contributed by atoms with Gasteiger partial charge in [-0.3, -0.25) is 0 Å². The quantitative estimate of drug-likeness (QED) is 0.832. The minimum Gasteiger partial charge on any atom is -0.496 e. The van der Waals surface area contributed by atoms with E-state index in [1.165, 1.54) is 0 Å². The molecule has 0 saturated carbocycles. The molecular weight excluding hydrogens is 286 g/mol. The summed E-state index contributed by atoms with van der Waals surface area (Å²) >= 11 is 5.04. The molecule has 21 heavy (non-hydrogen) atoms. The van der Waals surface area contributed by atoms with E-state index in [-0.39, 0.29) is 0 Å². The Morgan fingerprint density at radius 2 is 1.57 bits per heavy atom. The van der Waals surface area contributed by atoms with E-state index < -0.39 is 0 Å². The van der Waals surface area contributed by atoms with Crippen molar-refractivity contribution < 1.29 is 14.2 Å². The van der Waals surface area contributed by atoms with Crippen LogP contribution in [-0.4, -0.2) is 19.2 Å². The molecule has 0 atom stereocenters. The molecule has 2 N–H and O–H groups in total. The van der Waals surface area contributed by atoms with Crippen molar-refractivity contribution in [1.29, 1.82) is 0 Å². The van der Waals surface area contributed by atoms with Crippen molar-refractivity contribution in [1.82, 2.24) is 0 Å². The van der Waals surface area contributed by atoms with E-state index >= 15 is 0 Å². The predicted molar refractivity (Wildman–Crippen MR) is 86.2 cm³/mol. The van der Waals surface area contributed by atoms with Crippen molar-refractivity contribution >= 4 is 17.2 Å². The fraction of sp³-hybridized carbons (Fsp3) is 0.188. The lowest BCUT2D eigenvalue weighted by atomic mass is 10.1. The second kappa shape index (κ2) is 6.95. The summed E-state index contributed by atoms with van der Waals surface area (Å²) in [5.41, 5.74) is 7.47. The number of benzene rings is 2. The summed E-state index contributed by atoms with van der Waals surface area (Å²) in [6.07, 6.45) is 0. The van der Waals surface area contributed by atoms with Crippen molar-refractivity contribution in [2.24, 2.45) is 5.73 Å². The van der Waals surface area contributed by atoms with Gasteiger partial charge >= 0.3 is 0 Å². The van der Waals surface area contributed by atoms with Gasteiger partial charge in [-0.1, -0.05) is 36.5 Å². The average molecular weight is 303 g/mol. The number of thiocarbonyl (C=S) groups is 1. The number of rotatable bonds is 6. The van der Waals surface area contributed by atoms with Crippen molar-refractivity contribution in [2.45, 2.75) is 6.61 Å². The van der Waals surface area contributed by atoms with Gasteiger partial charge in [-0.05, 0) is 5.56 Å². The number of methoxy groups -OCH3 is 2. The van der Waals surface area contributed by atoms with Crippen LogP contribution < -0.4 is 19.9 Å². The monoisotopic (exact) mass is 303 g/mol. The predicted octanol–water partition coefficient (Wildman–Crippen LogP) is 2.92. The first kappa shape index (κ1) is 15.1. The van der Waals surface area contributed by atoms with Crippen LogP contribution in [0.3, 0.4) is 0 Å². The third-order valence-electron chi connectivity index (χ3n) is 3.00. The van der Waals surface area contributed by atoms with Crippen LogP contribution in [-0.2, 0) is 6.61 Å². The molecule has 0 bridgehead atoms. The molecule has 0 aliphatic heterocycles. The molecule has 0 saturated heterocycles. The van der Waals surface area contributed by atoms with Gasteiger partial charge in [0.15, 0.2) is 0 Å². The van der Waals surface area contributed by atoms with Crippen LogP contribution in [0.2, 0.25) is 0 Å². The summed E-state index contributed by atoms with van der Waals surface area (Å²) < 4.78 is 16.2. The summed E-state index contributed by atoms with van der Waals surface area (Å²) in [5.74, 6) is 2.00. The highest BCUT2D eigenvalue weighted by atomic mass is 32.1. The van der Waals surface area contributed by atoms with Gasteiger partial charge < -0.3 is 19.9 Å². The van der Waals surface area contributed by atoms with Gasteiger partial charge in [0.05, 0.1) is 14.2 Å². The second-order valence-corrected chi connectivity index (χ2v) is 4.80. The van der Waals surface area contributed by atoms with Crippen molar-refractivity contribution in [3.8, 4) is 17.2 Å². The highest BCUT2D eigenvalue weighted by Gasteiger charge is 2.07. The van der Waals surface area contributed by atoms with Crippen LogP contribution in [0.4, 0.5) is 0 Å². The zero-order valence-corrected chi connectivity index (χ0v) is 12.8. The van der Waals surface area contributed by atoms with E-state index in [1.54, 1.807) is 32.4 Å². The molecule has 5 heteroatoms. The lowest BCUT2D eigenvalue weighted by Crippen LogP contribution is -2.13. The SMILES string of the molecule is COc1cc(OC)cc(OCc2ccccc2C(N)=S)c1. The van der Waals surface area contributed by atoms with E-state index in [0.29, 0.717) is 28.8 Å². The smallest absolute Gasteiger partial charge is 0.127 e. The number of hydrogen-bond acceptors (Lipinski definition) is 4. The van der Waals surface area contributed by atoms with E-state index in [4.69, 9.17) is 32.2 Å². The molecule has 2 rings (SSSR count). The van der Waals surface area contributed by atoms with Crippen LogP contribution in [0.25, 0.3) is 0 Å². The summed E-state index contributed by atoms with van der Waals surface area (Å²) in [5, 5.41) is 0. The number of hydrogen-bond donors (Lipinski definition) is 1. The molecule has 0 unspecified atom stereocenters. The Morgan fingerprint density at radius 1 is 1.00 bits per heavy atom. The van der Waals surface area contributed by atoms with Crippen LogP contribution in [0.1, 0.15) is 11.1 Å². The van der Waals surface area contributed by atoms with E-state index in [0.717, 1.165) is 11.1 Å². The molecule has 0 aromatic heterocycles. The summed E-state index contributed by atoms with van der Waals surface area (Å²) in [6.45, 7) is 0.365. The Morgan fingerprint density at radius 3 is 2.14 bits per heavy atom. The first-order valence-corrected chi connectivity index (χ1v) is 6.78. The average Bonchev–Trinajstić information content (AvgIpc) is 2.52. The Hall–Kier alpha value is -2.27. The van der Waals surface area contributed by atoms with E-state index in [1.807, 2.05) is 24.3 Å². The zero-order valence-electron chi connectivity index (χ0n) is 12.0. The zero-order chi connectivity index (χ0) is 15.2. The highest BCUT2D eigenvalue weighted by molar-refractivity contribution is 7.80. The molecule has 0 radical (unpaired) electrons. The fourth-order valence-electron chi connectivity index (χ4n) is 1.91. The first-order valence-electron chi connectivity index (χ1n) is 6.37. The van der Waals surface area contributed by atoms with Gasteiger partial charge in [0.25, 0.3) is 0 Å². The minimum atomic E-state index is 0.359.